The van der Waals surface area contributed by atoms with Gasteiger partial charge in [-0.25, -0.2) is 4.39 Å². The van der Waals surface area contributed by atoms with Crippen LogP contribution in [0.3, 0.4) is 0 Å². The monoisotopic (exact) mass is 192 g/mol. The van der Waals surface area contributed by atoms with E-state index in [1.54, 1.807) is 0 Å². The molecular formula is C5H5Cl2F3. The summed E-state index contributed by atoms with van der Waals surface area (Å²) in [6.45, 7) is 3.04. The van der Waals surface area contributed by atoms with Crippen molar-refractivity contribution in [2.45, 2.75) is 16.9 Å². The number of alkyl halides is 5. The molecule has 0 spiro atoms. The lowest BCUT2D eigenvalue weighted by Gasteiger charge is -2.20. The van der Waals surface area contributed by atoms with E-state index in [2.05, 4.69) is 18.2 Å². The molecular weight excluding hydrogens is 188 g/mol. The molecule has 60 valence electrons. The minimum atomic E-state index is -4.05. The Bertz CT molecular complexity index is 127. The van der Waals surface area contributed by atoms with Gasteiger partial charge < -0.3 is 0 Å². The maximum absolute atomic E-state index is 12.4. The molecule has 1 atom stereocenters. The molecule has 0 aromatic heterocycles. The van der Waals surface area contributed by atoms with Gasteiger partial charge in [-0.1, -0.05) is 17.7 Å². The Labute approximate surface area is 66.6 Å². The normalized spacial score (nSPS) is 18.1. The smallest absolute Gasteiger partial charge is 0.218 e. The van der Waals surface area contributed by atoms with E-state index in [0.717, 1.165) is 6.08 Å². The van der Waals surface area contributed by atoms with Crippen LogP contribution in [0.1, 0.15) is 6.42 Å². The van der Waals surface area contributed by atoms with Crippen molar-refractivity contribution in [3.63, 3.8) is 0 Å². The van der Waals surface area contributed by atoms with Crippen LogP contribution in [0.2, 0.25) is 0 Å². The zero-order valence-corrected chi connectivity index (χ0v) is 6.39. The first-order chi connectivity index (χ1) is 4.31. The van der Waals surface area contributed by atoms with Crippen molar-refractivity contribution in [3.8, 4) is 0 Å². The van der Waals surface area contributed by atoms with Gasteiger partial charge in [0.2, 0.25) is 0 Å². The standard InChI is InChI=1S/C5H5Cl2F3/c1-2-3-4(6,8)5(7,9)10/h2H,1,3H2. The van der Waals surface area contributed by atoms with E-state index in [1.165, 1.54) is 0 Å². The first-order valence-electron chi connectivity index (χ1n) is 2.36. The molecule has 0 N–H and O–H groups in total. The summed E-state index contributed by atoms with van der Waals surface area (Å²) < 4.78 is 36.2. The average Bonchev–Trinajstić information content (AvgIpc) is 1.61. The second kappa shape index (κ2) is 3.01. The number of rotatable bonds is 3. The van der Waals surface area contributed by atoms with Gasteiger partial charge in [0.25, 0.3) is 5.13 Å². The molecule has 0 aromatic rings. The number of hydrogen-bond acceptors (Lipinski definition) is 0. The van der Waals surface area contributed by atoms with Crippen molar-refractivity contribution >= 4 is 23.2 Å². The molecule has 0 saturated heterocycles. The fourth-order valence-electron chi connectivity index (χ4n) is 0.297. The van der Waals surface area contributed by atoms with Crippen LogP contribution in [-0.2, 0) is 0 Å². The Kier molecular flexibility index (Phi) is 3.04. The molecule has 0 rings (SSSR count). The molecule has 0 fully saturated rings. The van der Waals surface area contributed by atoms with Crippen molar-refractivity contribution < 1.29 is 13.2 Å². The molecule has 5 heteroatoms. The van der Waals surface area contributed by atoms with Crippen molar-refractivity contribution in [3.05, 3.63) is 12.7 Å². The molecule has 1 unspecified atom stereocenters. The summed E-state index contributed by atoms with van der Waals surface area (Å²) in [5.74, 6) is 0. The second-order valence-electron chi connectivity index (χ2n) is 1.70. The molecule has 0 aliphatic heterocycles. The zero-order chi connectivity index (χ0) is 8.41. The van der Waals surface area contributed by atoms with Gasteiger partial charge in [0.1, 0.15) is 0 Å². The van der Waals surface area contributed by atoms with Gasteiger partial charge in [-0.05, 0) is 11.6 Å². The van der Waals surface area contributed by atoms with Gasteiger partial charge >= 0.3 is 5.38 Å². The topological polar surface area (TPSA) is 0 Å². The quantitative estimate of drug-likeness (QED) is 0.476. The van der Waals surface area contributed by atoms with Crippen LogP contribution >= 0.6 is 23.2 Å². The Hall–Kier alpha value is 0.110. The summed E-state index contributed by atoms with van der Waals surface area (Å²) in [5, 5.41) is -7.28. The second-order valence-corrected chi connectivity index (χ2v) is 2.77. The minimum Gasteiger partial charge on any atom is -0.218 e. The van der Waals surface area contributed by atoms with E-state index in [1.807, 2.05) is 0 Å². The fraction of sp³-hybridized carbons (Fsp3) is 0.600. The van der Waals surface area contributed by atoms with E-state index >= 15 is 0 Å². The molecule has 10 heavy (non-hydrogen) atoms. The van der Waals surface area contributed by atoms with Crippen molar-refractivity contribution in [1.29, 1.82) is 0 Å². The maximum Gasteiger partial charge on any atom is 0.369 e. The zero-order valence-electron chi connectivity index (χ0n) is 4.88. The maximum atomic E-state index is 12.4. The molecule has 0 bridgehead atoms. The van der Waals surface area contributed by atoms with Crippen LogP contribution in [0.25, 0.3) is 0 Å². The first kappa shape index (κ1) is 10.1. The number of allylic oxidation sites excluding steroid dienone is 1. The predicted molar refractivity (Wildman–Crippen MR) is 35.3 cm³/mol. The van der Waals surface area contributed by atoms with E-state index in [0.29, 0.717) is 0 Å². The third-order valence-electron chi connectivity index (χ3n) is 0.815. The van der Waals surface area contributed by atoms with Gasteiger partial charge in [0.05, 0.1) is 0 Å². The summed E-state index contributed by atoms with van der Waals surface area (Å²) in [5.41, 5.74) is 0. The molecule has 0 radical (unpaired) electrons. The lowest BCUT2D eigenvalue weighted by molar-refractivity contribution is -0.0178. The van der Waals surface area contributed by atoms with Crippen molar-refractivity contribution in [2.75, 3.05) is 0 Å². The van der Waals surface area contributed by atoms with Crippen LogP contribution in [0.5, 0.6) is 0 Å². The Balaban J connectivity index is 4.23. The molecule has 0 heterocycles. The lowest BCUT2D eigenvalue weighted by atomic mass is 10.3. The summed E-state index contributed by atoms with van der Waals surface area (Å²) in [6, 6.07) is 0. The molecule has 0 aliphatic rings. The summed E-state index contributed by atoms with van der Waals surface area (Å²) >= 11 is 9.01. The van der Waals surface area contributed by atoms with E-state index in [-0.39, 0.29) is 0 Å². The summed E-state index contributed by atoms with van der Waals surface area (Å²) in [6.07, 6.45) is 0.244. The Morgan fingerprint density at radius 1 is 1.30 bits per heavy atom. The largest absolute Gasteiger partial charge is 0.369 e. The highest BCUT2D eigenvalue weighted by atomic mass is 35.5. The van der Waals surface area contributed by atoms with E-state index in [9.17, 15) is 13.2 Å². The Morgan fingerprint density at radius 3 is 1.80 bits per heavy atom. The highest BCUT2D eigenvalue weighted by Crippen LogP contribution is 2.42. The van der Waals surface area contributed by atoms with Crippen molar-refractivity contribution in [2.24, 2.45) is 0 Å². The lowest BCUT2D eigenvalue weighted by Crippen LogP contribution is -2.33. The van der Waals surface area contributed by atoms with Gasteiger partial charge in [0.15, 0.2) is 0 Å². The van der Waals surface area contributed by atoms with E-state index < -0.39 is 16.9 Å². The summed E-state index contributed by atoms with van der Waals surface area (Å²) in [4.78, 5) is 0. The van der Waals surface area contributed by atoms with E-state index in [4.69, 9.17) is 11.6 Å². The SMILES string of the molecule is C=CCC(F)(Cl)C(F)(F)Cl. The fourth-order valence-corrected chi connectivity index (χ4v) is 0.483. The molecule has 0 amide bonds. The number of hydrogen-bond donors (Lipinski definition) is 0. The molecule has 0 aromatic carbocycles. The average molecular weight is 193 g/mol. The van der Waals surface area contributed by atoms with Crippen LogP contribution in [-0.4, -0.2) is 10.5 Å². The molecule has 0 nitrogen and oxygen atoms in total. The highest BCUT2D eigenvalue weighted by Gasteiger charge is 2.51. The third-order valence-corrected chi connectivity index (χ3v) is 1.60. The first-order valence-corrected chi connectivity index (χ1v) is 3.12. The predicted octanol–water partition coefficient (Wildman–Crippen LogP) is 3.30. The molecule has 0 aliphatic carbocycles. The van der Waals surface area contributed by atoms with Gasteiger partial charge in [-0.3, -0.25) is 0 Å². The highest BCUT2D eigenvalue weighted by molar-refractivity contribution is 6.32. The Morgan fingerprint density at radius 2 is 1.70 bits per heavy atom. The van der Waals surface area contributed by atoms with Crippen LogP contribution in [0, 0.1) is 0 Å². The van der Waals surface area contributed by atoms with Gasteiger partial charge in [0, 0.05) is 6.42 Å². The van der Waals surface area contributed by atoms with Crippen LogP contribution < -0.4 is 0 Å². The summed E-state index contributed by atoms with van der Waals surface area (Å²) in [7, 11) is 0. The van der Waals surface area contributed by atoms with Gasteiger partial charge in [-0.15, -0.1) is 6.58 Å². The minimum absolute atomic E-state index is 0.689. The third kappa shape index (κ3) is 2.39. The number of halogens is 5. The van der Waals surface area contributed by atoms with Gasteiger partial charge in [-0.2, -0.15) is 8.78 Å². The van der Waals surface area contributed by atoms with Crippen LogP contribution in [0.4, 0.5) is 13.2 Å². The van der Waals surface area contributed by atoms with Crippen molar-refractivity contribution in [1.82, 2.24) is 0 Å². The van der Waals surface area contributed by atoms with Crippen LogP contribution in [0.15, 0.2) is 12.7 Å². The molecule has 0 saturated carbocycles.